The number of furan rings is 1. The van der Waals surface area contributed by atoms with Crippen molar-refractivity contribution in [1.29, 1.82) is 10.8 Å². The van der Waals surface area contributed by atoms with Crippen LogP contribution in [0.2, 0.25) is 0 Å². The third-order valence-corrected chi connectivity index (χ3v) is 4.32. The van der Waals surface area contributed by atoms with E-state index in [1.807, 2.05) is 50.2 Å². The Morgan fingerprint density at radius 2 is 1.16 bits per heavy atom. The summed E-state index contributed by atoms with van der Waals surface area (Å²) in [4.78, 5) is 0. The van der Waals surface area contributed by atoms with Gasteiger partial charge in [-0.3, -0.25) is 10.8 Å². The zero-order valence-electron chi connectivity index (χ0n) is 14.2. The van der Waals surface area contributed by atoms with Gasteiger partial charge in [0.15, 0.2) is 0 Å². The zero-order valence-corrected chi connectivity index (χ0v) is 14.2. The molecule has 1 heterocycles. The summed E-state index contributed by atoms with van der Waals surface area (Å²) in [6.07, 6.45) is 0. The Hall–Kier alpha value is -3.34. The van der Waals surface area contributed by atoms with Crippen LogP contribution >= 0.6 is 0 Å². The Morgan fingerprint density at radius 3 is 1.52 bits per heavy atom. The molecule has 0 fully saturated rings. The molecule has 25 heavy (non-hydrogen) atoms. The molecule has 0 saturated carbocycles. The van der Waals surface area contributed by atoms with E-state index in [9.17, 15) is 0 Å². The highest BCUT2D eigenvalue weighted by Gasteiger charge is 2.17. The van der Waals surface area contributed by atoms with Crippen molar-refractivity contribution in [3.63, 3.8) is 0 Å². The highest BCUT2D eigenvalue weighted by atomic mass is 16.3. The van der Waals surface area contributed by atoms with Gasteiger partial charge in [0.1, 0.15) is 23.2 Å². The molecule has 6 N–H and O–H groups in total. The van der Waals surface area contributed by atoms with Crippen molar-refractivity contribution in [1.82, 2.24) is 0 Å². The first-order chi connectivity index (χ1) is 11.9. The molecule has 1 aromatic heterocycles. The number of amidine groups is 2. The average molecular weight is 332 g/mol. The molecule has 5 heteroatoms. The van der Waals surface area contributed by atoms with Gasteiger partial charge in [0.25, 0.3) is 0 Å². The number of hydrogen-bond acceptors (Lipinski definition) is 3. The Balaban J connectivity index is 2.13. The lowest BCUT2D eigenvalue weighted by atomic mass is 10.0. The average Bonchev–Trinajstić information content (AvgIpc) is 2.90. The van der Waals surface area contributed by atoms with Crippen LogP contribution in [-0.2, 0) is 0 Å². The van der Waals surface area contributed by atoms with E-state index >= 15 is 0 Å². The van der Waals surface area contributed by atoms with E-state index in [4.69, 9.17) is 26.7 Å². The van der Waals surface area contributed by atoms with Gasteiger partial charge in [0, 0.05) is 22.3 Å². The van der Waals surface area contributed by atoms with Gasteiger partial charge in [0.05, 0.1) is 0 Å². The predicted octanol–water partition coefficient (Wildman–Crippen LogP) is 3.80. The molecule has 3 aromatic rings. The summed E-state index contributed by atoms with van der Waals surface area (Å²) in [6, 6.07) is 14.9. The van der Waals surface area contributed by atoms with Crippen LogP contribution in [-0.4, -0.2) is 11.7 Å². The molecule has 0 aliphatic carbocycles. The number of hydrogen-bond donors (Lipinski definition) is 4. The Kier molecular flexibility index (Phi) is 4.15. The second-order valence-electron chi connectivity index (χ2n) is 6.00. The summed E-state index contributed by atoms with van der Waals surface area (Å²) < 4.78 is 6.16. The van der Waals surface area contributed by atoms with Crippen molar-refractivity contribution in [2.45, 2.75) is 13.8 Å². The fourth-order valence-electron chi connectivity index (χ4n) is 2.80. The molecule has 0 unspecified atom stereocenters. The van der Waals surface area contributed by atoms with Gasteiger partial charge in [-0.15, -0.1) is 0 Å². The smallest absolute Gasteiger partial charge is 0.138 e. The Morgan fingerprint density at radius 1 is 0.760 bits per heavy atom. The molecule has 3 rings (SSSR count). The van der Waals surface area contributed by atoms with Crippen LogP contribution in [0, 0.1) is 24.7 Å². The van der Waals surface area contributed by atoms with Crippen LogP contribution in [0.25, 0.3) is 22.6 Å². The van der Waals surface area contributed by atoms with E-state index in [1.165, 1.54) is 0 Å². The van der Waals surface area contributed by atoms with Crippen molar-refractivity contribution >= 4 is 11.7 Å². The fraction of sp³-hybridized carbons (Fsp3) is 0.100. The van der Waals surface area contributed by atoms with Crippen molar-refractivity contribution in [3.05, 3.63) is 70.8 Å². The second-order valence-corrected chi connectivity index (χ2v) is 6.00. The highest BCUT2D eigenvalue weighted by molar-refractivity contribution is 5.97. The van der Waals surface area contributed by atoms with E-state index in [1.54, 1.807) is 12.1 Å². The van der Waals surface area contributed by atoms with Crippen molar-refractivity contribution in [3.8, 4) is 22.6 Å². The fourth-order valence-corrected chi connectivity index (χ4v) is 2.80. The first-order valence-corrected chi connectivity index (χ1v) is 7.88. The number of nitrogens with one attached hydrogen (secondary N) is 2. The SMILES string of the molecule is Cc1c(-c2cccc(C(=N)N)c2)oc(-c2cccc(C(=N)N)c2)c1C. The van der Waals surface area contributed by atoms with Gasteiger partial charge in [-0.25, -0.2) is 0 Å². The molecule has 0 bridgehead atoms. The van der Waals surface area contributed by atoms with Crippen LogP contribution in [0.4, 0.5) is 0 Å². The molecule has 0 spiro atoms. The molecule has 0 aliphatic heterocycles. The van der Waals surface area contributed by atoms with E-state index in [2.05, 4.69) is 0 Å². The van der Waals surface area contributed by atoms with Gasteiger partial charge in [-0.2, -0.15) is 0 Å². The highest BCUT2D eigenvalue weighted by Crippen LogP contribution is 2.36. The third-order valence-electron chi connectivity index (χ3n) is 4.32. The van der Waals surface area contributed by atoms with Crippen molar-refractivity contribution < 1.29 is 4.42 Å². The van der Waals surface area contributed by atoms with Crippen LogP contribution in [0.15, 0.2) is 52.9 Å². The lowest BCUT2D eigenvalue weighted by Crippen LogP contribution is -2.10. The van der Waals surface area contributed by atoms with Gasteiger partial charge in [0.2, 0.25) is 0 Å². The summed E-state index contributed by atoms with van der Waals surface area (Å²) in [5, 5.41) is 15.2. The standard InChI is InChI=1S/C20H20N4O/c1-11-12(2)18(14-6-4-8-16(10-14)20(23)24)25-17(11)13-5-3-7-15(9-13)19(21)22/h3-10H,1-2H3,(H3,21,22)(H3,23,24). The summed E-state index contributed by atoms with van der Waals surface area (Å²) in [7, 11) is 0. The summed E-state index contributed by atoms with van der Waals surface area (Å²) in [6.45, 7) is 4.01. The molecule has 0 saturated heterocycles. The van der Waals surface area contributed by atoms with Gasteiger partial charge in [-0.1, -0.05) is 36.4 Å². The molecule has 2 aromatic carbocycles. The minimum Gasteiger partial charge on any atom is -0.456 e. The molecular weight excluding hydrogens is 312 g/mol. The van der Waals surface area contributed by atoms with Crippen LogP contribution in [0.5, 0.6) is 0 Å². The van der Waals surface area contributed by atoms with Crippen LogP contribution in [0.3, 0.4) is 0 Å². The van der Waals surface area contributed by atoms with Gasteiger partial charge >= 0.3 is 0 Å². The second kappa shape index (κ2) is 6.28. The monoisotopic (exact) mass is 332 g/mol. The minimum atomic E-state index is 0.0252. The molecule has 0 atom stereocenters. The van der Waals surface area contributed by atoms with Crippen molar-refractivity contribution in [2.24, 2.45) is 11.5 Å². The lowest BCUT2D eigenvalue weighted by molar-refractivity contribution is 0.594. The first kappa shape index (κ1) is 16.5. The largest absolute Gasteiger partial charge is 0.456 e. The van der Waals surface area contributed by atoms with E-state index in [0.29, 0.717) is 11.1 Å². The van der Waals surface area contributed by atoms with E-state index in [-0.39, 0.29) is 11.7 Å². The lowest BCUT2D eigenvalue weighted by Gasteiger charge is -2.04. The number of nitrogen functional groups attached to an aromatic ring is 2. The van der Waals surface area contributed by atoms with Gasteiger partial charge < -0.3 is 15.9 Å². The first-order valence-electron chi connectivity index (χ1n) is 7.88. The van der Waals surface area contributed by atoms with E-state index < -0.39 is 0 Å². The number of rotatable bonds is 4. The minimum absolute atomic E-state index is 0.0252. The summed E-state index contributed by atoms with van der Waals surface area (Å²) in [5.41, 5.74) is 16.3. The molecule has 0 radical (unpaired) electrons. The van der Waals surface area contributed by atoms with E-state index in [0.717, 1.165) is 33.8 Å². The Labute approximate surface area is 146 Å². The third kappa shape index (κ3) is 3.04. The maximum absolute atomic E-state index is 7.61. The quantitative estimate of drug-likeness (QED) is 0.430. The topological polar surface area (TPSA) is 113 Å². The molecule has 5 nitrogen and oxygen atoms in total. The predicted molar refractivity (Wildman–Crippen MR) is 101 cm³/mol. The molecule has 0 amide bonds. The maximum atomic E-state index is 7.61. The number of nitrogens with two attached hydrogens (primary N) is 2. The van der Waals surface area contributed by atoms with Crippen LogP contribution < -0.4 is 11.5 Å². The zero-order chi connectivity index (χ0) is 18.1. The molecule has 126 valence electrons. The van der Waals surface area contributed by atoms with Crippen molar-refractivity contribution in [2.75, 3.05) is 0 Å². The normalized spacial score (nSPS) is 10.6. The summed E-state index contributed by atoms with van der Waals surface area (Å²) >= 11 is 0. The van der Waals surface area contributed by atoms with Gasteiger partial charge in [-0.05, 0) is 37.1 Å². The number of benzene rings is 2. The molecule has 0 aliphatic rings. The summed E-state index contributed by atoms with van der Waals surface area (Å²) in [5.74, 6) is 1.56. The maximum Gasteiger partial charge on any atom is 0.138 e. The molecular formula is C20H20N4O. The Bertz CT molecular complexity index is 907. The van der Waals surface area contributed by atoms with Crippen LogP contribution in [0.1, 0.15) is 22.3 Å².